The Bertz CT molecular complexity index is 386. The first-order chi connectivity index (χ1) is 9.69. The van der Waals surface area contributed by atoms with Crippen LogP contribution in [-0.2, 0) is 11.2 Å². The molecule has 2 unspecified atom stereocenters. The van der Waals surface area contributed by atoms with Gasteiger partial charge in [0.25, 0.3) is 0 Å². The second-order valence-corrected chi connectivity index (χ2v) is 6.17. The van der Waals surface area contributed by atoms with Crippen molar-refractivity contribution in [3.8, 4) is 0 Å². The third kappa shape index (κ3) is 4.76. The van der Waals surface area contributed by atoms with Crippen LogP contribution in [-0.4, -0.2) is 30.3 Å². The van der Waals surface area contributed by atoms with E-state index < -0.39 is 0 Å². The molecule has 3 heteroatoms. The Morgan fingerprint density at radius 3 is 2.40 bits per heavy atom. The van der Waals surface area contributed by atoms with Gasteiger partial charge in [0.1, 0.15) is 6.23 Å². The Morgan fingerprint density at radius 1 is 1.15 bits per heavy atom. The first-order valence-electron chi connectivity index (χ1n) is 7.83. The lowest BCUT2D eigenvalue weighted by Crippen LogP contribution is -2.43. The van der Waals surface area contributed by atoms with Crippen LogP contribution in [0.5, 0.6) is 0 Å². The molecule has 0 bridgehead atoms. The predicted molar refractivity (Wildman–Crippen MR) is 85.2 cm³/mol. The lowest BCUT2D eigenvalue weighted by atomic mass is 10.1. The summed E-state index contributed by atoms with van der Waals surface area (Å²) in [6.07, 6.45) is 6.46. The zero-order valence-electron chi connectivity index (χ0n) is 12.6. The highest BCUT2D eigenvalue weighted by molar-refractivity contribution is 6.30. The zero-order valence-corrected chi connectivity index (χ0v) is 13.4. The number of piperidine rings is 1. The molecule has 1 fully saturated rings. The highest BCUT2D eigenvalue weighted by Gasteiger charge is 2.23. The SMILES string of the molecule is CCC(C)OC(Cc1ccc(Cl)cc1)N1CCCCC1. The van der Waals surface area contributed by atoms with E-state index in [1.165, 1.54) is 24.8 Å². The fourth-order valence-electron chi connectivity index (χ4n) is 2.66. The van der Waals surface area contributed by atoms with Crippen molar-refractivity contribution in [2.45, 2.75) is 58.3 Å². The first kappa shape index (κ1) is 15.8. The molecule has 1 aliphatic rings. The fourth-order valence-corrected chi connectivity index (χ4v) is 2.78. The van der Waals surface area contributed by atoms with Crippen LogP contribution in [0.1, 0.15) is 45.1 Å². The van der Waals surface area contributed by atoms with Crippen molar-refractivity contribution in [2.24, 2.45) is 0 Å². The Hall–Kier alpha value is -0.570. The number of halogens is 1. The molecule has 112 valence electrons. The zero-order chi connectivity index (χ0) is 14.4. The summed E-state index contributed by atoms with van der Waals surface area (Å²) in [6, 6.07) is 8.15. The van der Waals surface area contributed by atoms with Crippen LogP contribution in [0.2, 0.25) is 5.02 Å². The van der Waals surface area contributed by atoms with Crippen molar-refractivity contribution in [3.05, 3.63) is 34.9 Å². The largest absolute Gasteiger partial charge is 0.360 e. The van der Waals surface area contributed by atoms with Crippen LogP contribution < -0.4 is 0 Å². The van der Waals surface area contributed by atoms with E-state index in [0.717, 1.165) is 31.0 Å². The molecule has 0 aliphatic carbocycles. The number of hydrogen-bond donors (Lipinski definition) is 0. The van der Waals surface area contributed by atoms with Crippen LogP contribution >= 0.6 is 11.6 Å². The molecule has 0 radical (unpaired) electrons. The molecule has 0 saturated carbocycles. The van der Waals surface area contributed by atoms with Gasteiger partial charge in [-0.3, -0.25) is 4.90 Å². The van der Waals surface area contributed by atoms with Crippen molar-refractivity contribution in [3.63, 3.8) is 0 Å². The van der Waals surface area contributed by atoms with Crippen molar-refractivity contribution >= 4 is 11.6 Å². The lowest BCUT2D eigenvalue weighted by Gasteiger charge is -2.36. The number of hydrogen-bond acceptors (Lipinski definition) is 2. The molecule has 20 heavy (non-hydrogen) atoms. The molecule has 1 heterocycles. The van der Waals surface area contributed by atoms with Gasteiger partial charge in [-0.05, 0) is 43.9 Å². The quantitative estimate of drug-likeness (QED) is 0.765. The minimum atomic E-state index is 0.200. The number of likely N-dealkylation sites (tertiary alicyclic amines) is 1. The summed E-state index contributed by atoms with van der Waals surface area (Å²) in [5.74, 6) is 0. The average molecular weight is 296 g/mol. The van der Waals surface area contributed by atoms with Gasteiger partial charge in [0.15, 0.2) is 0 Å². The van der Waals surface area contributed by atoms with Gasteiger partial charge < -0.3 is 4.74 Å². The van der Waals surface area contributed by atoms with Crippen molar-refractivity contribution < 1.29 is 4.74 Å². The Labute approximate surface area is 128 Å². The summed E-state index contributed by atoms with van der Waals surface area (Å²) in [6.45, 7) is 6.67. The highest BCUT2D eigenvalue weighted by atomic mass is 35.5. The summed E-state index contributed by atoms with van der Waals surface area (Å²) < 4.78 is 6.27. The number of rotatable bonds is 6. The molecule has 2 rings (SSSR count). The van der Waals surface area contributed by atoms with E-state index in [1.54, 1.807) is 0 Å². The van der Waals surface area contributed by atoms with Crippen LogP contribution in [0.25, 0.3) is 0 Å². The molecule has 0 N–H and O–H groups in total. The standard InChI is InChI=1S/C17H26ClNO/c1-3-14(2)20-17(19-11-5-4-6-12-19)13-15-7-9-16(18)10-8-15/h7-10,14,17H,3-6,11-13H2,1-2H3. The van der Waals surface area contributed by atoms with Gasteiger partial charge in [-0.2, -0.15) is 0 Å². The predicted octanol–water partition coefficient (Wildman–Crippen LogP) is 4.51. The van der Waals surface area contributed by atoms with E-state index in [9.17, 15) is 0 Å². The molecule has 0 amide bonds. The van der Waals surface area contributed by atoms with Gasteiger partial charge in [-0.15, -0.1) is 0 Å². The number of ether oxygens (including phenoxy) is 1. The van der Waals surface area contributed by atoms with Gasteiger partial charge in [-0.1, -0.05) is 37.1 Å². The molecule has 1 saturated heterocycles. The van der Waals surface area contributed by atoms with E-state index >= 15 is 0 Å². The second-order valence-electron chi connectivity index (χ2n) is 5.74. The summed E-state index contributed by atoms with van der Waals surface area (Å²) in [7, 11) is 0. The van der Waals surface area contributed by atoms with E-state index in [4.69, 9.17) is 16.3 Å². The smallest absolute Gasteiger partial charge is 0.115 e. The lowest BCUT2D eigenvalue weighted by molar-refractivity contribution is -0.0993. The van der Waals surface area contributed by atoms with Crippen LogP contribution in [0.4, 0.5) is 0 Å². The third-order valence-electron chi connectivity index (χ3n) is 4.09. The van der Waals surface area contributed by atoms with Gasteiger partial charge in [-0.25, -0.2) is 0 Å². The fraction of sp³-hybridized carbons (Fsp3) is 0.647. The maximum atomic E-state index is 6.27. The molecule has 0 aromatic heterocycles. The molecular formula is C17H26ClNO. The average Bonchev–Trinajstić information content (AvgIpc) is 2.49. The third-order valence-corrected chi connectivity index (χ3v) is 4.34. The van der Waals surface area contributed by atoms with Crippen LogP contribution in [0.15, 0.2) is 24.3 Å². The Kier molecular flexibility index (Phi) is 6.34. The van der Waals surface area contributed by atoms with Crippen molar-refractivity contribution in [1.29, 1.82) is 0 Å². The highest BCUT2D eigenvalue weighted by Crippen LogP contribution is 2.19. The van der Waals surface area contributed by atoms with E-state index in [-0.39, 0.29) is 6.23 Å². The van der Waals surface area contributed by atoms with E-state index in [0.29, 0.717) is 6.10 Å². The normalized spacial score (nSPS) is 19.8. The maximum absolute atomic E-state index is 6.27. The molecule has 2 atom stereocenters. The van der Waals surface area contributed by atoms with Gasteiger partial charge in [0.2, 0.25) is 0 Å². The molecule has 2 nitrogen and oxygen atoms in total. The summed E-state index contributed by atoms with van der Waals surface area (Å²) >= 11 is 5.96. The van der Waals surface area contributed by atoms with Crippen molar-refractivity contribution in [2.75, 3.05) is 13.1 Å². The van der Waals surface area contributed by atoms with Crippen molar-refractivity contribution in [1.82, 2.24) is 4.90 Å². The minimum Gasteiger partial charge on any atom is -0.360 e. The molecule has 0 spiro atoms. The topological polar surface area (TPSA) is 12.5 Å². The molecular weight excluding hydrogens is 270 g/mol. The number of nitrogens with zero attached hydrogens (tertiary/aromatic N) is 1. The second kappa shape index (κ2) is 8.02. The maximum Gasteiger partial charge on any atom is 0.115 e. The van der Waals surface area contributed by atoms with E-state index in [2.05, 4.69) is 30.9 Å². The minimum absolute atomic E-state index is 0.200. The first-order valence-corrected chi connectivity index (χ1v) is 8.20. The van der Waals surface area contributed by atoms with Gasteiger partial charge >= 0.3 is 0 Å². The van der Waals surface area contributed by atoms with Gasteiger partial charge in [0.05, 0.1) is 6.10 Å². The monoisotopic (exact) mass is 295 g/mol. The Morgan fingerprint density at radius 2 is 1.80 bits per heavy atom. The van der Waals surface area contributed by atoms with E-state index in [1.807, 2.05) is 12.1 Å². The molecule has 1 aromatic rings. The molecule has 1 aromatic carbocycles. The van der Waals surface area contributed by atoms with Gasteiger partial charge in [0, 0.05) is 24.5 Å². The number of benzene rings is 1. The van der Waals surface area contributed by atoms with Crippen LogP contribution in [0, 0.1) is 0 Å². The summed E-state index contributed by atoms with van der Waals surface area (Å²) in [4.78, 5) is 2.50. The van der Waals surface area contributed by atoms with Crippen LogP contribution in [0.3, 0.4) is 0 Å². The molecule has 1 aliphatic heterocycles. The summed E-state index contributed by atoms with van der Waals surface area (Å²) in [5.41, 5.74) is 1.30. The Balaban J connectivity index is 2.02. The summed E-state index contributed by atoms with van der Waals surface area (Å²) in [5, 5.41) is 0.797.